The molecule has 0 radical (unpaired) electrons. The highest BCUT2D eigenvalue weighted by molar-refractivity contribution is 6.19. The Bertz CT molecular complexity index is 3800. The lowest BCUT2D eigenvalue weighted by molar-refractivity contribution is 0.332. The van der Waals surface area contributed by atoms with Crippen molar-refractivity contribution in [1.29, 1.82) is 0 Å². The van der Waals surface area contributed by atoms with Crippen LogP contribution >= 0.6 is 0 Å². The molecule has 0 spiro atoms. The predicted octanol–water partition coefficient (Wildman–Crippen LogP) is 15.2. The Morgan fingerprint density at radius 1 is 0.385 bits per heavy atom. The Morgan fingerprint density at radius 2 is 0.923 bits per heavy atom. The number of aromatic nitrogens is 5. The Morgan fingerprint density at radius 3 is 1.72 bits per heavy atom. The summed E-state index contributed by atoms with van der Waals surface area (Å²) in [5, 5.41) is 7.05. The number of para-hydroxylation sites is 2. The third-order valence-corrected chi connectivity index (χ3v) is 15.2. The molecule has 3 heterocycles. The lowest BCUT2D eigenvalue weighted by Crippen LogP contribution is -2.33. The monoisotopic (exact) mass is 839 g/mol. The fourth-order valence-corrected chi connectivity index (χ4v) is 11.7. The van der Waals surface area contributed by atoms with E-state index in [2.05, 4.69) is 214 Å². The molecule has 11 aromatic rings. The van der Waals surface area contributed by atoms with Gasteiger partial charge in [-0.2, -0.15) is 9.97 Å². The van der Waals surface area contributed by atoms with Gasteiger partial charge in [0.2, 0.25) is 5.95 Å². The summed E-state index contributed by atoms with van der Waals surface area (Å²) in [7, 11) is 0. The minimum absolute atomic E-state index is 0.00566. The quantitative estimate of drug-likeness (QED) is 0.177. The van der Waals surface area contributed by atoms with Crippen LogP contribution in [0.25, 0.3) is 99.9 Å². The molecule has 65 heavy (non-hydrogen) atoms. The zero-order valence-corrected chi connectivity index (χ0v) is 37.7. The predicted molar refractivity (Wildman–Crippen MR) is 270 cm³/mol. The van der Waals surface area contributed by atoms with Gasteiger partial charge in [0, 0.05) is 43.8 Å². The first-order valence-electron chi connectivity index (χ1n) is 23.1. The molecule has 0 saturated carbocycles. The minimum atomic E-state index is -0.174. The van der Waals surface area contributed by atoms with Gasteiger partial charge in [0.15, 0.2) is 11.6 Å². The van der Waals surface area contributed by atoms with Crippen molar-refractivity contribution in [3.8, 4) is 45.5 Å². The number of rotatable bonds is 4. The van der Waals surface area contributed by atoms with Crippen molar-refractivity contribution >= 4 is 54.4 Å². The van der Waals surface area contributed by atoms with E-state index in [-0.39, 0.29) is 16.2 Å². The summed E-state index contributed by atoms with van der Waals surface area (Å²) < 4.78 is 4.78. The second-order valence-corrected chi connectivity index (χ2v) is 20.3. The fraction of sp³-hybridized carbons (Fsp3) is 0.183. The summed E-state index contributed by atoms with van der Waals surface area (Å²) in [6.07, 6.45) is 2.25. The molecule has 2 aliphatic carbocycles. The topological polar surface area (TPSA) is 48.5 Å². The van der Waals surface area contributed by atoms with Crippen molar-refractivity contribution in [3.05, 3.63) is 186 Å². The molecule has 5 nitrogen and oxygen atoms in total. The summed E-state index contributed by atoms with van der Waals surface area (Å²) >= 11 is 0. The highest BCUT2D eigenvalue weighted by Gasteiger charge is 2.39. The molecular weight excluding hydrogens is 791 g/mol. The molecule has 3 aromatic heterocycles. The van der Waals surface area contributed by atoms with Gasteiger partial charge in [0.05, 0.1) is 22.1 Å². The van der Waals surface area contributed by atoms with E-state index in [1.54, 1.807) is 0 Å². The average Bonchev–Trinajstić information content (AvgIpc) is 3.91. The molecule has 2 aliphatic rings. The first-order chi connectivity index (χ1) is 31.5. The summed E-state index contributed by atoms with van der Waals surface area (Å²) in [5.74, 6) is 1.93. The lowest BCUT2D eigenvalue weighted by atomic mass is 9.63. The van der Waals surface area contributed by atoms with E-state index in [0.29, 0.717) is 17.6 Å². The van der Waals surface area contributed by atoms with Gasteiger partial charge in [-0.1, -0.05) is 163 Å². The highest BCUT2D eigenvalue weighted by atomic mass is 15.2. The van der Waals surface area contributed by atoms with Crippen molar-refractivity contribution < 1.29 is 0 Å². The van der Waals surface area contributed by atoms with Crippen LogP contribution in [0.15, 0.2) is 164 Å². The van der Waals surface area contributed by atoms with Crippen molar-refractivity contribution in [1.82, 2.24) is 24.1 Å². The van der Waals surface area contributed by atoms with Crippen molar-refractivity contribution in [3.63, 3.8) is 0 Å². The van der Waals surface area contributed by atoms with Crippen LogP contribution in [0.1, 0.15) is 76.6 Å². The summed E-state index contributed by atoms with van der Waals surface area (Å²) in [6.45, 7) is 14.3. The molecule has 0 N–H and O–H groups in total. The number of nitrogens with zero attached hydrogens (tertiary/aromatic N) is 5. The van der Waals surface area contributed by atoms with Crippen molar-refractivity contribution in [2.24, 2.45) is 0 Å². The van der Waals surface area contributed by atoms with E-state index in [9.17, 15) is 0 Å². The van der Waals surface area contributed by atoms with Crippen LogP contribution in [0.3, 0.4) is 0 Å². The Kier molecular flexibility index (Phi) is 7.82. The zero-order chi connectivity index (χ0) is 44.0. The molecular formula is C60H49N5. The summed E-state index contributed by atoms with van der Waals surface area (Å²) in [6, 6.07) is 59.9. The number of hydrogen-bond donors (Lipinski definition) is 0. The van der Waals surface area contributed by atoms with E-state index in [4.69, 9.17) is 15.0 Å². The summed E-state index contributed by atoms with van der Waals surface area (Å²) in [5.41, 5.74) is 15.4. The van der Waals surface area contributed by atoms with Crippen LogP contribution in [0.2, 0.25) is 0 Å². The fourth-order valence-electron chi connectivity index (χ4n) is 11.7. The second kappa shape index (κ2) is 13.3. The minimum Gasteiger partial charge on any atom is -0.309 e. The molecule has 0 unspecified atom stereocenters. The van der Waals surface area contributed by atoms with Crippen LogP contribution < -0.4 is 0 Å². The van der Waals surface area contributed by atoms with Gasteiger partial charge >= 0.3 is 0 Å². The maximum Gasteiger partial charge on any atom is 0.238 e. The second-order valence-electron chi connectivity index (χ2n) is 20.3. The lowest BCUT2D eigenvalue weighted by Gasteiger charge is -2.42. The van der Waals surface area contributed by atoms with Crippen LogP contribution in [-0.4, -0.2) is 24.1 Å². The van der Waals surface area contributed by atoms with E-state index in [0.717, 1.165) is 51.5 Å². The van der Waals surface area contributed by atoms with Gasteiger partial charge in [-0.05, 0) is 110 Å². The van der Waals surface area contributed by atoms with Crippen molar-refractivity contribution in [2.75, 3.05) is 0 Å². The molecule has 0 bridgehead atoms. The maximum atomic E-state index is 5.66. The number of benzene rings is 8. The normalized spacial score (nSPS) is 15.8. The first-order valence-corrected chi connectivity index (χ1v) is 23.1. The average molecular weight is 840 g/mol. The SMILES string of the molecule is CC1(C)CCC(C)(C)c2cc3c(cc21)c1cc2c(cc1n3-c1nc(-c3cccc4c3-c3ccccc3C4(C)C)nc(-c3cccc4ccccc34)n1)c1ccccc1n2-c1ccccc1. The molecule has 13 rings (SSSR count). The molecule has 0 saturated heterocycles. The van der Waals surface area contributed by atoms with Gasteiger partial charge in [-0.3, -0.25) is 4.57 Å². The van der Waals surface area contributed by atoms with E-state index in [1.165, 1.54) is 66.0 Å². The molecule has 5 heteroatoms. The molecule has 0 amide bonds. The molecule has 314 valence electrons. The van der Waals surface area contributed by atoms with Crippen LogP contribution in [0, 0.1) is 0 Å². The standard InChI is InChI=1S/C60H49N5/c1-58(2)30-31-59(3,4)49-35-53-43(32-48(49)58)45-34-51-44(39-23-13-15-29-50(39)64(51)37-20-8-7-9-21-37)33-52(45)65(53)57-62-55(40-25-16-19-36-18-10-11-22-38(36)40)61-56(63-57)42-26-17-28-47-54(42)41-24-12-14-27-46(41)60(47,5)6/h7-29,32-35H,30-31H2,1-6H3. The molecule has 0 aliphatic heterocycles. The number of fused-ring (bicyclic) bond motifs is 11. The van der Waals surface area contributed by atoms with Gasteiger partial charge in [-0.15, -0.1) is 0 Å². The van der Waals surface area contributed by atoms with Crippen LogP contribution in [0.5, 0.6) is 0 Å². The van der Waals surface area contributed by atoms with Gasteiger partial charge in [0.1, 0.15) is 0 Å². The molecule has 0 fully saturated rings. The summed E-state index contributed by atoms with van der Waals surface area (Å²) in [4.78, 5) is 16.7. The van der Waals surface area contributed by atoms with Gasteiger partial charge in [0.25, 0.3) is 0 Å². The first kappa shape index (κ1) is 38.1. The van der Waals surface area contributed by atoms with Gasteiger partial charge < -0.3 is 4.57 Å². The molecule has 8 aromatic carbocycles. The molecule has 0 atom stereocenters. The Hall–Kier alpha value is -7.37. The third kappa shape index (κ3) is 5.42. The van der Waals surface area contributed by atoms with Crippen LogP contribution in [-0.2, 0) is 16.2 Å². The smallest absolute Gasteiger partial charge is 0.238 e. The van der Waals surface area contributed by atoms with Gasteiger partial charge in [-0.25, -0.2) is 4.98 Å². The zero-order valence-electron chi connectivity index (χ0n) is 37.7. The van der Waals surface area contributed by atoms with E-state index in [1.807, 2.05) is 0 Å². The Labute approximate surface area is 379 Å². The van der Waals surface area contributed by atoms with E-state index >= 15 is 0 Å². The maximum absolute atomic E-state index is 5.66. The third-order valence-electron chi connectivity index (χ3n) is 15.2. The largest absolute Gasteiger partial charge is 0.309 e. The van der Waals surface area contributed by atoms with E-state index < -0.39 is 0 Å². The van der Waals surface area contributed by atoms with Crippen molar-refractivity contribution in [2.45, 2.75) is 70.6 Å². The van der Waals surface area contributed by atoms with Crippen LogP contribution in [0.4, 0.5) is 0 Å². The Balaban J connectivity index is 1.19. The number of hydrogen-bond acceptors (Lipinski definition) is 3. The highest BCUT2D eigenvalue weighted by Crippen LogP contribution is 2.53.